The second-order valence-corrected chi connectivity index (χ2v) is 6.61. The molecule has 0 aliphatic carbocycles. The Labute approximate surface area is 149 Å². The smallest absolute Gasteiger partial charge is 0.280 e. The highest BCUT2D eigenvalue weighted by molar-refractivity contribution is 6.32. The maximum absolute atomic E-state index is 12.8. The lowest BCUT2D eigenvalue weighted by Crippen LogP contribution is -2.21. The molecule has 0 N–H and O–H groups in total. The molecule has 0 saturated heterocycles. The molecular weight excluding hydrogens is 310 g/mol. The summed E-state index contributed by atoms with van der Waals surface area (Å²) >= 11 is 0. The number of nitrogens with zero attached hydrogens (tertiary/aromatic N) is 3. The molecule has 0 radical (unpaired) electrons. The number of rotatable bonds is 3. The van der Waals surface area contributed by atoms with E-state index in [1.807, 2.05) is 81.4 Å². The first kappa shape index (κ1) is 17.0. The maximum atomic E-state index is 12.8. The Bertz CT molecular complexity index is 877. The average Bonchev–Trinajstić information content (AvgIpc) is 2.86. The lowest BCUT2D eigenvalue weighted by atomic mass is 10.1. The predicted octanol–water partition coefficient (Wildman–Crippen LogP) is 4.18. The molecule has 25 heavy (non-hydrogen) atoms. The van der Waals surface area contributed by atoms with Crippen molar-refractivity contribution in [3.63, 3.8) is 0 Å². The molecule has 0 saturated carbocycles. The van der Waals surface area contributed by atoms with Gasteiger partial charge in [-0.1, -0.05) is 18.2 Å². The maximum Gasteiger partial charge on any atom is 0.280 e. The van der Waals surface area contributed by atoms with Gasteiger partial charge in [0.2, 0.25) is 0 Å². The van der Waals surface area contributed by atoms with Gasteiger partial charge in [0.1, 0.15) is 0 Å². The summed E-state index contributed by atoms with van der Waals surface area (Å²) in [6.07, 6.45) is 1.90. The van der Waals surface area contributed by atoms with Crippen LogP contribution in [0.2, 0.25) is 0 Å². The van der Waals surface area contributed by atoms with Crippen molar-refractivity contribution in [3.8, 4) is 0 Å². The lowest BCUT2D eigenvalue weighted by molar-refractivity contribution is -0.114. The van der Waals surface area contributed by atoms with Crippen molar-refractivity contribution in [2.24, 2.45) is 5.10 Å². The van der Waals surface area contributed by atoms with E-state index in [2.05, 4.69) is 12.0 Å². The number of benzene rings is 2. The van der Waals surface area contributed by atoms with Crippen LogP contribution in [-0.4, -0.2) is 25.7 Å². The number of carbonyl (C=O) groups is 1. The molecule has 1 aliphatic rings. The fraction of sp³-hybridized carbons (Fsp3) is 0.238. The van der Waals surface area contributed by atoms with E-state index in [0.29, 0.717) is 5.57 Å². The van der Waals surface area contributed by atoms with Gasteiger partial charge >= 0.3 is 0 Å². The van der Waals surface area contributed by atoms with Gasteiger partial charge in [0, 0.05) is 19.8 Å². The molecule has 128 valence electrons. The van der Waals surface area contributed by atoms with Gasteiger partial charge in [0.15, 0.2) is 0 Å². The minimum Gasteiger partial charge on any atom is -0.378 e. The van der Waals surface area contributed by atoms with Crippen LogP contribution >= 0.6 is 0 Å². The molecule has 4 heteroatoms. The molecule has 2 aromatic rings. The van der Waals surface area contributed by atoms with Crippen molar-refractivity contribution in [1.82, 2.24) is 0 Å². The van der Waals surface area contributed by atoms with Crippen LogP contribution < -0.4 is 9.91 Å². The van der Waals surface area contributed by atoms with Gasteiger partial charge in [0.25, 0.3) is 5.91 Å². The highest BCUT2D eigenvalue weighted by atomic mass is 16.2. The van der Waals surface area contributed by atoms with E-state index in [1.165, 1.54) is 10.6 Å². The van der Waals surface area contributed by atoms with Gasteiger partial charge in [-0.15, -0.1) is 0 Å². The highest BCUT2D eigenvalue weighted by Gasteiger charge is 2.28. The van der Waals surface area contributed by atoms with E-state index in [0.717, 1.165) is 28.2 Å². The molecule has 1 heterocycles. The first-order chi connectivity index (χ1) is 11.9. The Kier molecular flexibility index (Phi) is 4.45. The summed E-state index contributed by atoms with van der Waals surface area (Å²) in [5.41, 5.74) is 6.64. The summed E-state index contributed by atoms with van der Waals surface area (Å²) in [7, 11) is 4.01. The summed E-state index contributed by atoms with van der Waals surface area (Å²) in [6, 6.07) is 14.1. The zero-order valence-electron chi connectivity index (χ0n) is 15.4. The van der Waals surface area contributed by atoms with Crippen LogP contribution in [0.5, 0.6) is 0 Å². The molecule has 0 spiro atoms. The van der Waals surface area contributed by atoms with Gasteiger partial charge < -0.3 is 4.90 Å². The van der Waals surface area contributed by atoms with Gasteiger partial charge in [-0.25, -0.2) is 0 Å². The molecule has 0 bridgehead atoms. The fourth-order valence-electron chi connectivity index (χ4n) is 2.75. The van der Waals surface area contributed by atoms with E-state index in [4.69, 9.17) is 0 Å². The Morgan fingerprint density at radius 3 is 2.24 bits per heavy atom. The molecule has 0 fully saturated rings. The second kappa shape index (κ2) is 6.55. The van der Waals surface area contributed by atoms with Crippen molar-refractivity contribution in [1.29, 1.82) is 0 Å². The Morgan fingerprint density at radius 2 is 1.64 bits per heavy atom. The van der Waals surface area contributed by atoms with Crippen molar-refractivity contribution in [2.45, 2.75) is 20.8 Å². The normalized spacial score (nSPS) is 15.7. The Balaban J connectivity index is 1.90. The monoisotopic (exact) mass is 333 g/mol. The Morgan fingerprint density at radius 1 is 0.960 bits per heavy atom. The third-order valence-electron chi connectivity index (χ3n) is 4.52. The van der Waals surface area contributed by atoms with E-state index < -0.39 is 0 Å². The van der Waals surface area contributed by atoms with Gasteiger partial charge in [-0.2, -0.15) is 10.1 Å². The number of amides is 1. The number of carbonyl (C=O) groups excluding carboxylic acids is 1. The summed E-state index contributed by atoms with van der Waals surface area (Å²) < 4.78 is 0. The first-order valence-corrected chi connectivity index (χ1v) is 8.33. The van der Waals surface area contributed by atoms with Gasteiger partial charge in [-0.05, 0) is 67.8 Å². The molecule has 4 nitrogen and oxygen atoms in total. The topological polar surface area (TPSA) is 35.9 Å². The number of hydrazone groups is 1. The zero-order chi connectivity index (χ0) is 18.1. The molecule has 0 atom stereocenters. The number of aryl methyl sites for hydroxylation is 2. The molecule has 3 rings (SSSR count). The molecule has 0 unspecified atom stereocenters. The minimum atomic E-state index is -0.0857. The van der Waals surface area contributed by atoms with E-state index in [-0.39, 0.29) is 5.91 Å². The van der Waals surface area contributed by atoms with Crippen molar-refractivity contribution < 1.29 is 4.79 Å². The minimum absolute atomic E-state index is 0.0857. The summed E-state index contributed by atoms with van der Waals surface area (Å²) in [5.74, 6) is -0.0857. The predicted molar refractivity (Wildman–Crippen MR) is 105 cm³/mol. The van der Waals surface area contributed by atoms with Gasteiger partial charge in [0.05, 0.1) is 17.0 Å². The number of hydrogen-bond acceptors (Lipinski definition) is 3. The second-order valence-electron chi connectivity index (χ2n) is 6.61. The Hall–Kier alpha value is -2.88. The highest BCUT2D eigenvalue weighted by Crippen LogP contribution is 2.27. The van der Waals surface area contributed by atoms with Crippen LogP contribution in [-0.2, 0) is 4.79 Å². The first-order valence-electron chi connectivity index (χ1n) is 8.33. The van der Waals surface area contributed by atoms with Crippen molar-refractivity contribution >= 4 is 29.1 Å². The summed E-state index contributed by atoms with van der Waals surface area (Å²) in [5, 5.41) is 5.95. The molecule has 1 aliphatic heterocycles. The van der Waals surface area contributed by atoms with Crippen LogP contribution in [0.15, 0.2) is 53.1 Å². The molecule has 1 amide bonds. The number of anilines is 2. The van der Waals surface area contributed by atoms with Crippen molar-refractivity contribution in [2.75, 3.05) is 24.0 Å². The average molecular weight is 333 g/mol. The van der Waals surface area contributed by atoms with Crippen molar-refractivity contribution in [3.05, 3.63) is 64.7 Å². The summed E-state index contributed by atoms with van der Waals surface area (Å²) in [4.78, 5) is 14.9. The quantitative estimate of drug-likeness (QED) is 0.790. The zero-order valence-corrected chi connectivity index (χ0v) is 15.4. The summed E-state index contributed by atoms with van der Waals surface area (Å²) in [6.45, 7) is 5.97. The van der Waals surface area contributed by atoms with Gasteiger partial charge in [-0.3, -0.25) is 4.79 Å². The van der Waals surface area contributed by atoms with Crippen LogP contribution in [0, 0.1) is 13.8 Å². The third-order valence-corrected chi connectivity index (χ3v) is 4.52. The van der Waals surface area contributed by atoms with Crippen LogP contribution in [0.3, 0.4) is 0 Å². The fourth-order valence-corrected chi connectivity index (χ4v) is 2.75. The van der Waals surface area contributed by atoms with E-state index >= 15 is 0 Å². The SMILES string of the molecule is CC1=NN(c2ccc(C)c(C)c2)C(=O)C1=Cc1ccc(N(C)C)cc1. The van der Waals surface area contributed by atoms with Crippen LogP contribution in [0.4, 0.5) is 11.4 Å². The third kappa shape index (κ3) is 3.33. The lowest BCUT2D eigenvalue weighted by Gasteiger charge is -2.13. The molecule has 0 aromatic heterocycles. The molecule has 2 aromatic carbocycles. The number of hydrogen-bond donors (Lipinski definition) is 0. The largest absolute Gasteiger partial charge is 0.378 e. The van der Waals surface area contributed by atoms with E-state index in [9.17, 15) is 4.79 Å². The van der Waals surface area contributed by atoms with Crippen LogP contribution in [0.25, 0.3) is 6.08 Å². The molecular formula is C21H23N3O. The van der Waals surface area contributed by atoms with Crippen LogP contribution in [0.1, 0.15) is 23.6 Å². The standard InChI is InChI=1S/C21H23N3O/c1-14-6-9-19(12-15(14)2)24-21(25)20(16(3)22-24)13-17-7-10-18(11-8-17)23(4)5/h6-13H,1-5H3. The van der Waals surface area contributed by atoms with E-state index in [1.54, 1.807) is 0 Å².